The molecule has 118 valence electrons. The number of fused-ring (bicyclic) bond motifs is 1. The maximum Gasteiger partial charge on any atom is 0.169 e. The molecule has 0 aliphatic rings. The molecule has 0 radical (unpaired) electrons. The first-order chi connectivity index (χ1) is 10.3. The molecule has 1 heterocycles. The van der Waals surface area contributed by atoms with Gasteiger partial charge in [-0.15, -0.1) is 0 Å². The Labute approximate surface area is 143 Å². The van der Waals surface area contributed by atoms with Crippen LogP contribution in [-0.4, -0.2) is 12.5 Å². The van der Waals surface area contributed by atoms with Gasteiger partial charge in [0.1, 0.15) is 0 Å². The second-order valence-electron chi connectivity index (χ2n) is 7.01. The molecule has 22 heavy (non-hydrogen) atoms. The van der Waals surface area contributed by atoms with E-state index in [0.29, 0.717) is 16.6 Å². The lowest BCUT2D eigenvalue weighted by molar-refractivity contribution is 0.772. The predicted octanol–water partition coefficient (Wildman–Crippen LogP) is 6.30. The van der Waals surface area contributed by atoms with Crippen LogP contribution in [-0.2, 0) is 0 Å². The molecule has 0 saturated carbocycles. The van der Waals surface area contributed by atoms with E-state index < -0.39 is 8.24 Å². The number of benzene rings is 1. The summed E-state index contributed by atoms with van der Waals surface area (Å²) in [6.45, 7) is 14.2. The van der Waals surface area contributed by atoms with Crippen molar-refractivity contribution in [2.75, 3.05) is 0 Å². The normalized spacial score (nSPS) is 12.6. The maximum atomic E-state index is 9.43. The number of halogens is 1. The third-order valence-electron chi connectivity index (χ3n) is 5.10. The van der Waals surface area contributed by atoms with Crippen LogP contribution in [0.2, 0.25) is 16.6 Å². The van der Waals surface area contributed by atoms with Gasteiger partial charge >= 0.3 is 0 Å². The molecule has 0 aliphatic carbocycles. The highest BCUT2D eigenvalue weighted by atomic mass is 79.9. The van der Waals surface area contributed by atoms with Gasteiger partial charge in [0.05, 0.1) is 11.6 Å². The van der Waals surface area contributed by atoms with Crippen LogP contribution < -0.4 is 0 Å². The predicted molar refractivity (Wildman–Crippen MR) is 101 cm³/mol. The van der Waals surface area contributed by atoms with Crippen LogP contribution in [0.25, 0.3) is 10.9 Å². The summed E-state index contributed by atoms with van der Waals surface area (Å²) in [7, 11) is -1.81. The molecular formula is C18H25BrN2Si. The Kier molecular flexibility index (Phi) is 4.89. The summed E-state index contributed by atoms with van der Waals surface area (Å²) in [6.07, 6.45) is 2.23. The summed E-state index contributed by atoms with van der Waals surface area (Å²) >= 11 is 3.70. The van der Waals surface area contributed by atoms with E-state index in [9.17, 15) is 5.26 Å². The number of nitrogens with zero attached hydrogens (tertiary/aromatic N) is 2. The Morgan fingerprint density at radius 2 is 1.59 bits per heavy atom. The van der Waals surface area contributed by atoms with Gasteiger partial charge < -0.3 is 4.23 Å². The molecular weight excluding hydrogens is 352 g/mol. The van der Waals surface area contributed by atoms with Crippen molar-refractivity contribution < 1.29 is 0 Å². The van der Waals surface area contributed by atoms with E-state index in [1.54, 1.807) is 0 Å². The third kappa shape index (κ3) is 2.35. The zero-order valence-electron chi connectivity index (χ0n) is 14.3. The van der Waals surface area contributed by atoms with E-state index in [-0.39, 0.29) is 0 Å². The van der Waals surface area contributed by atoms with Crippen molar-refractivity contribution in [2.45, 2.75) is 58.2 Å². The minimum atomic E-state index is -1.81. The molecule has 0 spiro atoms. The third-order valence-corrected chi connectivity index (χ3v) is 12.5. The highest BCUT2D eigenvalue weighted by Gasteiger charge is 2.46. The molecule has 0 fully saturated rings. The minimum Gasteiger partial charge on any atom is -0.372 e. The van der Waals surface area contributed by atoms with Crippen LogP contribution in [0.4, 0.5) is 0 Å². The summed E-state index contributed by atoms with van der Waals surface area (Å²) in [6, 6.07) is 8.41. The second-order valence-corrected chi connectivity index (χ2v) is 13.6. The van der Waals surface area contributed by atoms with Crippen LogP contribution in [0, 0.1) is 11.3 Å². The van der Waals surface area contributed by atoms with Crippen molar-refractivity contribution in [2.24, 2.45) is 0 Å². The largest absolute Gasteiger partial charge is 0.372 e. The average molecular weight is 377 g/mol. The monoisotopic (exact) mass is 376 g/mol. The summed E-state index contributed by atoms with van der Waals surface area (Å²) in [5.74, 6) is 0. The average Bonchev–Trinajstić information content (AvgIpc) is 2.76. The van der Waals surface area contributed by atoms with E-state index >= 15 is 0 Å². The second kappa shape index (κ2) is 6.21. The lowest BCUT2D eigenvalue weighted by atomic mass is 10.1. The highest BCUT2D eigenvalue weighted by Crippen LogP contribution is 2.45. The molecule has 4 heteroatoms. The fourth-order valence-electron chi connectivity index (χ4n) is 4.49. The Balaban J connectivity index is 2.91. The van der Waals surface area contributed by atoms with Crippen LogP contribution in [0.3, 0.4) is 0 Å². The van der Waals surface area contributed by atoms with Gasteiger partial charge in [-0.25, -0.2) is 0 Å². The van der Waals surface area contributed by atoms with Crippen LogP contribution in [0.1, 0.15) is 47.1 Å². The molecule has 2 aromatic rings. The van der Waals surface area contributed by atoms with Gasteiger partial charge in [-0.1, -0.05) is 47.6 Å². The Bertz CT molecular complexity index is 701. The summed E-state index contributed by atoms with van der Waals surface area (Å²) in [5.41, 5.74) is 3.83. The van der Waals surface area contributed by atoms with Crippen molar-refractivity contribution in [3.05, 3.63) is 34.4 Å². The molecule has 0 atom stereocenters. The lowest BCUT2D eigenvalue weighted by Gasteiger charge is -2.44. The Morgan fingerprint density at radius 1 is 1.05 bits per heavy atom. The van der Waals surface area contributed by atoms with Gasteiger partial charge in [-0.2, -0.15) is 5.26 Å². The summed E-state index contributed by atoms with van der Waals surface area (Å²) in [4.78, 5) is 0. The van der Waals surface area contributed by atoms with Crippen molar-refractivity contribution in [1.29, 1.82) is 5.26 Å². The van der Waals surface area contributed by atoms with E-state index in [1.165, 1.54) is 5.52 Å². The number of hydrogen-bond donors (Lipinski definition) is 0. The SMILES string of the molecule is CC(C)[Si](C(C)C)(C(C)C)n1cc(Br)c2c(C#N)cccc21. The van der Waals surface area contributed by atoms with Gasteiger partial charge in [-0.3, -0.25) is 0 Å². The molecule has 0 aliphatic heterocycles. The Hall–Kier alpha value is -1.05. The molecule has 1 aromatic heterocycles. The lowest BCUT2D eigenvalue weighted by Crippen LogP contribution is -2.51. The van der Waals surface area contributed by atoms with Gasteiger partial charge in [0.2, 0.25) is 0 Å². The topological polar surface area (TPSA) is 28.7 Å². The molecule has 0 bridgehead atoms. The first-order valence-electron chi connectivity index (χ1n) is 7.98. The van der Waals surface area contributed by atoms with Crippen LogP contribution >= 0.6 is 15.9 Å². The molecule has 0 saturated heterocycles. The summed E-state index contributed by atoms with van der Waals surface area (Å²) < 4.78 is 3.59. The number of rotatable bonds is 4. The van der Waals surface area contributed by atoms with Gasteiger partial charge in [0.15, 0.2) is 8.24 Å². The van der Waals surface area contributed by atoms with Gasteiger partial charge in [0, 0.05) is 21.6 Å². The molecule has 2 nitrogen and oxygen atoms in total. The smallest absolute Gasteiger partial charge is 0.169 e. The summed E-state index contributed by atoms with van der Waals surface area (Å²) in [5, 5.41) is 10.5. The standard InChI is InChI=1S/C18H25BrN2Si/c1-12(2)22(13(3)4,14(5)6)21-11-16(19)18-15(10-20)8-7-9-17(18)21/h7-9,11-14H,1-6H3. The highest BCUT2D eigenvalue weighted by molar-refractivity contribution is 9.10. The molecule has 1 aromatic carbocycles. The number of aromatic nitrogens is 1. The quantitative estimate of drug-likeness (QED) is 0.575. The molecule has 0 amide bonds. The molecule has 2 rings (SSSR count). The number of hydrogen-bond acceptors (Lipinski definition) is 1. The van der Waals surface area contributed by atoms with E-state index in [0.717, 1.165) is 15.4 Å². The van der Waals surface area contributed by atoms with E-state index in [4.69, 9.17) is 0 Å². The van der Waals surface area contributed by atoms with Crippen molar-refractivity contribution in [3.63, 3.8) is 0 Å². The zero-order valence-corrected chi connectivity index (χ0v) is 16.9. The van der Waals surface area contributed by atoms with Crippen LogP contribution in [0.5, 0.6) is 0 Å². The van der Waals surface area contributed by atoms with Crippen molar-refractivity contribution in [3.8, 4) is 6.07 Å². The first kappa shape index (κ1) is 17.3. The maximum absolute atomic E-state index is 9.43. The van der Waals surface area contributed by atoms with Gasteiger partial charge in [-0.05, 0) is 44.7 Å². The zero-order chi connectivity index (χ0) is 16.7. The van der Waals surface area contributed by atoms with Gasteiger partial charge in [0.25, 0.3) is 0 Å². The van der Waals surface area contributed by atoms with E-state index in [2.05, 4.69) is 80.0 Å². The Morgan fingerprint density at radius 3 is 2.05 bits per heavy atom. The van der Waals surface area contributed by atoms with E-state index in [1.807, 2.05) is 12.1 Å². The molecule has 0 N–H and O–H groups in total. The van der Waals surface area contributed by atoms with Crippen LogP contribution in [0.15, 0.2) is 28.9 Å². The van der Waals surface area contributed by atoms with Crippen molar-refractivity contribution >= 4 is 35.1 Å². The fraction of sp³-hybridized carbons (Fsp3) is 0.500. The number of nitriles is 1. The fourth-order valence-corrected chi connectivity index (χ4v) is 11.9. The van der Waals surface area contributed by atoms with Crippen molar-refractivity contribution in [1.82, 2.24) is 4.23 Å². The molecule has 0 unspecified atom stereocenters. The first-order valence-corrected chi connectivity index (χ1v) is 11.0. The minimum absolute atomic E-state index is 0.626.